The van der Waals surface area contributed by atoms with Crippen LogP contribution in [0.1, 0.15) is 12.7 Å². The Morgan fingerprint density at radius 1 is 1.53 bits per heavy atom. The van der Waals surface area contributed by atoms with E-state index in [-0.39, 0.29) is 6.04 Å². The summed E-state index contributed by atoms with van der Waals surface area (Å²) >= 11 is 8.15. The van der Waals surface area contributed by atoms with Gasteiger partial charge >= 0.3 is 0 Å². The van der Waals surface area contributed by atoms with Gasteiger partial charge in [0.2, 0.25) is 0 Å². The summed E-state index contributed by atoms with van der Waals surface area (Å²) in [4.78, 5) is 4.30. The highest BCUT2D eigenvalue weighted by atomic mass is 127. The van der Waals surface area contributed by atoms with E-state index in [4.69, 9.17) is 21.9 Å². The summed E-state index contributed by atoms with van der Waals surface area (Å²) in [5, 5.41) is 4.54. The molecule has 0 aliphatic heterocycles. The van der Waals surface area contributed by atoms with E-state index in [1.54, 1.807) is 0 Å². The van der Waals surface area contributed by atoms with E-state index in [9.17, 15) is 0 Å². The number of benzene rings is 1. The minimum absolute atomic E-state index is 0.0129. The van der Waals surface area contributed by atoms with Crippen molar-refractivity contribution in [2.45, 2.75) is 19.4 Å². The fraction of sp³-hybridized carbons (Fsp3) is 0.273. The van der Waals surface area contributed by atoms with Gasteiger partial charge in [-0.05, 0) is 47.7 Å². The fourth-order valence-electron chi connectivity index (χ4n) is 1.40. The Balaban J connectivity index is 2.33. The molecule has 0 saturated carbocycles. The highest BCUT2D eigenvalue weighted by Crippen LogP contribution is 2.26. The van der Waals surface area contributed by atoms with Crippen LogP contribution in [0.2, 0.25) is 5.02 Å². The quantitative estimate of drug-likeness (QED) is 0.852. The standard InChI is InChI=1S/C11H11ClIN3O/c1-6(14)4-10-15-11(17-16-10)8-5-7(12)2-3-9(8)13/h2-3,5-6H,4,14H2,1H3. The zero-order valence-electron chi connectivity index (χ0n) is 9.15. The van der Waals surface area contributed by atoms with Crippen molar-refractivity contribution in [1.82, 2.24) is 10.1 Å². The Labute approximate surface area is 118 Å². The van der Waals surface area contributed by atoms with Crippen LogP contribution in [0.5, 0.6) is 0 Å². The Morgan fingerprint density at radius 2 is 2.29 bits per heavy atom. The van der Waals surface area contributed by atoms with E-state index in [0.717, 1.165) is 9.13 Å². The molecule has 6 heteroatoms. The summed E-state index contributed by atoms with van der Waals surface area (Å²) in [5.41, 5.74) is 6.53. The van der Waals surface area contributed by atoms with Crippen molar-refractivity contribution in [3.8, 4) is 11.5 Å². The van der Waals surface area contributed by atoms with Gasteiger partial charge in [0.25, 0.3) is 5.89 Å². The number of rotatable bonds is 3. The highest BCUT2D eigenvalue weighted by molar-refractivity contribution is 14.1. The molecule has 0 aliphatic rings. The normalized spacial score (nSPS) is 12.7. The van der Waals surface area contributed by atoms with Crippen LogP contribution in [0.25, 0.3) is 11.5 Å². The van der Waals surface area contributed by atoms with E-state index in [1.165, 1.54) is 0 Å². The van der Waals surface area contributed by atoms with Gasteiger partial charge in [-0.15, -0.1) is 0 Å². The number of hydrogen-bond donors (Lipinski definition) is 1. The van der Waals surface area contributed by atoms with E-state index < -0.39 is 0 Å². The topological polar surface area (TPSA) is 64.9 Å². The molecule has 2 aromatic rings. The molecule has 0 bridgehead atoms. The average molecular weight is 364 g/mol. The smallest absolute Gasteiger partial charge is 0.259 e. The maximum atomic E-state index is 5.94. The van der Waals surface area contributed by atoms with Crippen molar-refractivity contribution in [2.24, 2.45) is 5.73 Å². The van der Waals surface area contributed by atoms with E-state index in [1.807, 2.05) is 25.1 Å². The predicted molar refractivity (Wildman–Crippen MR) is 74.8 cm³/mol. The van der Waals surface area contributed by atoms with Crippen molar-refractivity contribution in [1.29, 1.82) is 0 Å². The van der Waals surface area contributed by atoms with Crippen molar-refractivity contribution in [3.05, 3.63) is 32.6 Å². The zero-order valence-corrected chi connectivity index (χ0v) is 12.1. The van der Waals surface area contributed by atoms with Gasteiger partial charge in [-0.2, -0.15) is 4.98 Å². The summed E-state index contributed by atoms with van der Waals surface area (Å²) in [6, 6.07) is 5.56. The van der Waals surface area contributed by atoms with Gasteiger partial charge in [0.15, 0.2) is 5.82 Å². The molecule has 2 N–H and O–H groups in total. The second-order valence-electron chi connectivity index (χ2n) is 3.82. The lowest BCUT2D eigenvalue weighted by Crippen LogP contribution is -2.18. The second kappa shape index (κ2) is 5.32. The minimum atomic E-state index is 0.0129. The lowest BCUT2D eigenvalue weighted by molar-refractivity contribution is 0.420. The first-order chi connectivity index (χ1) is 8.06. The summed E-state index contributed by atoms with van der Waals surface area (Å²) in [6.45, 7) is 1.90. The highest BCUT2D eigenvalue weighted by Gasteiger charge is 2.13. The van der Waals surface area contributed by atoms with Gasteiger partial charge in [-0.25, -0.2) is 0 Å². The maximum absolute atomic E-state index is 5.94. The fourth-order valence-corrected chi connectivity index (χ4v) is 2.13. The molecule has 1 aromatic heterocycles. The number of aromatic nitrogens is 2. The van der Waals surface area contributed by atoms with Crippen LogP contribution in [0.4, 0.5) is 0 Å². The molecule has 0 radical (unpaired) electrons. The SMILES string of the molecule is CC(N)Cc1noc(-c2cc(Cl)ccc2I)n1. The Bertz CT molecular complexity index is 527. The van der Waals surface area contributed by atoms with Crippen LogP contribution in [0, 0.1) is 3.57 Å². The zero-order chi connectivity index (χ0) is 12.4. The first-order valence-electron chi connectivity index (χ1n) is 5.10. The molecule has 1 heterocycles. The van der Waals surface area contributed by atoms with Gasteiger partial charge < -0.3 is 10.3 Å². The molecule has 90 valence electrons. The third kappa shape index (κ3) is 3.17. The van der Waals surface area contributed by atoms with Gasteiger partial charge in [0, 0.05) is 21.1 Å². The number of hydrogen-bond acceptors (Lipinski definition) is 4. The van der Waals surface area contributed by atoms with Crippen molar-refractivity contribution < 1.29 is 4.52 Å². The van der Waals surface area contributed by atoms with Gasteiger partial charge in [-0.3, -0.25) is 0 Å². The predicted octanol–water partition coefficient (Wildman–Crippen LogP) is 2.88. The summed E-state index contributed by atoms with van der Waals surface area (Å²) in [6.07, 6.45) is 0.598. The summed E-state index contributed by atoms with van der Waals surface area (Å²) in [5.74, 6) is 1.10. The van der Waals surface area contributed by atoms with E-state index in [2.05, 4.69) is 32.7 Å². The van der Waals surface area contributed by atoms with Gasteiger partial charge in [0.1, 0.15) is 0 Å². The maximum Gasteiger partial charge on any atom is 0.259 e. The lowest BCUT2D eigenvalue weighted by atomic mass is 10.2. The first-order valence-corrected chi connectivity index (χ1v) is 6.55. The Hall–Kier alpha value is -0.660. The third-order valence-corrected chi connectivity index (χ3v) is 3.31. The summed E-state index contributed by atoms with van der Waals surface area (Å²) in [7, 11) is 0. The molecule has 0 saturated heterocycles. The molecule has 1 atom stereocenters. The van der Waals surface area contributed by atoms with Gasteiger partial charge in [-0.1, -0.05) is 16.8 Å². The molecule has 0 amide bonds. The monoisotopic (exact) mass is 363 g/mol. The lowest BCUT2D eigenvalue weighted by Gasteiger charge is -1.99. The minimum Gasteiger partial charge on any atom is -0.334 e. The van der Waals surface area contributed by atoms with Crippen LogP contribution in [-0.2, 0) is 6.42 Å². The van der Waals surface area contributed by atoms with E-state index in [0.29, 0.717) is 23.2 Å². The number of nitrogens with zero attached hydrogens (tertiary/aromatic N) is 2. The van der Waals surface area contributed by atoms with E-state index >= 15 is 0 Å². The second-order valence-corrected chi connectivity index (χ2v) is 5.42. The molecule has 0 fully saturated rings. The average Bonchev–Trinajstić information content (AvgIpc) is 2.69. The Kier molecular flexibility index (Phi) is 4.01. The van der Waals surface area contributed by atoms with Crippen LogP contribution >= 0.6 is 34.2 Å². The number of halogens is 2. The number of nitrogens with two attached hydrogens (primary N) is 1. The molecule has 0 aliphatic carbocycles. The molecule has 2 rings (SSSR count). The van der Waals surface area contributed by atoms with Crippen LogP contribution in [-0.4, -0.2) is 16.2 Å². The molecule has 4 nitrogen and oxygen atoms in total. The third-order valence-electron chi connectivity index (χ3n) is 2.13. The largest absolute Gasteiger partial charge is 0.334 e. The summed E-state index contributed by atoms with van der Waals surface area (Å²) < 4.78 is 6.22. The Morgan fingerprint density at radius 3 is 3.00 bits per heavy atom. The first kappa shape index (κ1) is 12.8. The van der Waals surface area contributed by atoms with Crippen molar-refractivity contribution in [3.63, 3.8) is 0 Å². The van der Waals surface area contributed by atoms with Crippen LogP contribution in [0.3, 0.4) is 0 Å². The van der Waals surface area contributed by atoms with Crippen molar-refractivity contribution >= 4 is 34.2 Å². The van der Waals surface area contributed by atoms with Crippen LogP contribution < -0.4 is 5.73 Å². The molecular formula is C11H11ClIN3O. The van der Waals surface area contributed by atoms with Crippen molar-refractivity contribution in [2.75, 3.05) is 0 Å². The van der Waals surface area contributed by atoms with Crippen LogP contribution in [0.15, 0.2) is 22.7 Å². The van der Waals surface area contributed by atoms with Gasteiger partial charge in [0.05, 0.1) is 5.56 Å². The molecule has 0 spiro atoms. The molecule has 17 heavy (non-hydrogen) atoms. The molecule has 1 unspecified atom stereocenters. The molecule has 1 aromatic carbocycles. The molecular weight excluding hydrogens is 352 g/mol.